The van der Waals surface area contributed by atoms with Crippen molar-refractivity contribution in [1.29, 1.82) is 0 Å². The molecule has 2 heterocycles. The van der Waals surface area contributed by atoms with Crippen LogP contribution in [-0.4, -0.2) is 38.3 Å². The second kappa shape index (κ2) is 7.61. The summed E-state index contributed by atoms with van der Waals surface area (Å²) in [6, 6.07) is 13.6. The fraction of sp³-hybridized carbons (Fsp3) is 0.280. The van der Waals surface area contributed by atoms with Gasteiger partial charge in [0.1, 0.15) is 5.75 Å². The number of carbonyl (C=O) groups is 2. The maximum absolute atomic E-state index is 13.2. The van der Waals surface area contributed by atoms with Gasteiger partial charge >= 0.3 is 0 Å². The summed E-state index contributed by atoms with van der Waals surface area (Å²) in [4.78, 5) is 31.0. The highest BCUT2D eigenvalue weighted by atomic mass is 16.3. The van der Waals surface area contributed by atoms with Crippen LogP contribution in [-0.2, 0) is 16.0 Å². The average molecular weight is 418 g/mol. The Morgan fingerprint density at radius 3 is 2.42 bits per heavy atom. The van der Waals surface area contributed by atoms with Gasteiger partial charge in [-0.1, -0.05) is 51.1 Å². The normalized spacial score (nSPS) is 17.1. The molecule has 160 valence electrons. The molecule has 1 aliphatic heterocycles. The number of phenolic OH excluding ortho intramolecular Hbond substituents is 1. The highest BCUT2D eigenvalue weighted by molar-refractivity contribution is 6.10. The number of rotatable bonds is 5. The fourth-order valence-electron chi connectivity index (χ4n) is 4.10. The first-order valence-corrected chi connectivity index (χ1v) is 10.3. The topological polar surface area (TPSA) is 93.6 Å². The Morgan fingerprint density at radius 2 is 1.74 bits per heavy atom. The number of amides is 1. The number of nitrogens with zero attached hydrogens (tertiary/aromatic N) is 1. The maximum atomic E-state index is 13.2. The van der Waals surface area contributed by atoms with Crippen molar-refractivity contribution in [1.82, 2.24) is 9.88 Å². The van der Waals surface area contributed by atoms with Gasteiger partial charge in [0.05, 0.1) is 11.6 Å². The molecule has 3 N–H and O–H groups in total. The van der Waals surface area contributed by atoms with Crippen molar-refractivity contribution in [2.45, 2.75) is 33.2 Å². The molecule has 6 heteroatoms. The number of aliphatic hydroxyl groups excluding tert-OH is 1. The number of para-hydroxylation sites is 1. The Morgan fingerprint density at radius 1 is 1.06 bits per heavy atom. The van der Waals surface area contributed by atoms with Crippen molar-refractivity contribution in [3.63, 3.8) is 0 Å². The first-order chi connectivity index (χ1) is 14.7. The molecule has 0 bridgehead atoms. The molecule has 0 fully saturated rings. The molecule has 6 nitrogen and oxygen atoms in total. The van der Waals surface area contributed by atoms with Gasteiger partial charge in [-0.05, 0) is 35.7 Å². The summed E-state index contributed by atoms with van der Waals surface area (Å²) in [5.41, 5.74) is 2.10. The van der Waals surface area contributed by atoms with Gasteiger partial charge in [-0.3, -0.25) is 9.59 Å². The van der Waals surface area contributed by atoms with E-state index in [0.29, 0.717) is 18.5 Å². The number of aromatic hydroxyl groups is 1. The number of carbonyl (C=O) groups excluding carboxylic acids is 2. The van der Waals surface area contributed by atoms with Crippen LogP contribution in [0.3, 0.4) is 0 Å². The van der Waals surface area contributed by atoms with E-state index in [1.165, 1.54) is 12.1 Å². The van der Waals surface area contributed by atoms with E-state index in [4.69, 9.17) is 0 Å². The van der Waals surface area contributed by atoms with Crippen molar-refractivity contribution < 1.29 is 19.8 Å². The van der Waals surface area contributed by atoms with E-state index < -0.39 is 23.1 Å². The van der Waals surface area contributed by atoms with E-state index in [2.05, 4.69) is 4.98 Å². The van der Waals surface area contributed by atoms with Crippen LogP contribution >= 0.6 is 0 Å². The van der Waals surface area contributed by atoms with Gasteiger partial charge in [0, 0.05) is 29.1 Å². The number of aliphatic hydroxyl groups is 1. The monoisotopic (exact) mass is 418 g/mol. The van der Waals surface area contributed by atoms with Gasteiger partial charge in [-0.2, -0.15) is 0 Å². The van der Waals surface area contributed by atoms with Crippen molar-refractivity contribution in [3.8, 4) is 5.75 Å². The van der Waals surface area contributed by atoms with Crippen LogP contribution in [0.5, 0.6) is 5.75 Å². The minimum absolute atomic E-state index is 0.0929. The van der Waals surface area contributed by atoms with E-state index in [1.54, 1.807) is 37.8 Å². The number of H-pyrrole nitrogens is 1. The van der Waals surface area contributed by atoms with Crippen molar-refractivity contribution >= 4 is 22.6 Å². The third kappa shape index (κ3) is 3.69. The van der Waals surface area contributed by atoms with Crippen LogP contribution in [0.25, 0.3) is 10.9 Å². The molecule has 0 saturated carbocycles. The Labute approximate surface area is 180 Å². The lowest BCUT2D eigenvalue weighted by Gasteiger charge is -2.29. The number of nitrogens with one attached hydrogen (secondary N) is 1. The van der Waals surface area contributed by atoms with E-state index >= 15 is 0 Å². The maximum Gasteiger partial charge on any atom is 0.290 e. The number of benzene rings is 2. The standard InChI is InChI=1S/C25H26N2O4/c1-25(2,3)23(30)20-21(15-8-10-17(28)11-9-15)27(24(31)22(20)29)13-12-16-14-26-19-7-5-4-6-18(16)19/h4-11,14,21,26,28-29H,12-13H2,1-3H3. The smallest absolute Gasteiger partial charge is 0.290 e. The Bertz CT molecular complexity index is 1180. The first kappa shape index (κ1) is 20.7. The zero-order valence-electron chi connectivity index (χ0n) is 17.8. The fourth-order valence-corrected chi connectivity index (χ4v) is 4.10. The summed E-state index contributed by atoms with van der Waals surface area (Å²) in [7, 11) is 0. The minimum atomic E-state index is -0.758. The second-order valence-corrected chi connectivity index (χ2v) is 8.94. The molecule has 0 aliphatic carbocycles. The molecule has 1 unspecified atom stereocenters. The van der Waals surface area contributed by atoms with Crippen molar-refractivity contribution in [2.24, 2.45) is 5.41 Å². The summed E-state index contributed by atoms with van der Waals surface area (Å²) >= 11 is 0. The van der Waals surface area contributed by atoms with E-state index in [-0.39, 0.29) is 17.1 Å². The molecule has 0 spiro atoms. The highest BCUT2D eigenvalue weighted by Crippen LogP contribution is 2.41. The Kier molecular flexibility index (Phi) is 5.09. The van der Waals surface area contributed by atoms with Crippen LogP contribution in [0.2, 0.25) is 0 Å². The van der Waals surface area contributed by atoms with Gasteiger partial charge in [0.15, 0.2) is 11.5 Å². The number of phenols is 1. The minimum Gasteiger partial charge on any atom is -0.508 e. The van der Waals surface area contributed by atoms with Gasteiger partial charge in [-0.25, -0.2) is 0 Å². The largest absolute Gasteiger partial charge is 0.508 e. The summed E-state index contributed by atoms with van der Waals surface area (Å²) in [5.74, 6) is -1.22. The molecular formula is C25H26N2O4. The van der Waals surface area contributed by atoms with E-state index in [9.17, 15) is 19.8 Å². The zero-order valence-corrected chi connectivity index (χ0v) is 17.8. The lowest BCUT2D eigenvalue weighted by Crippen LogP contribution is -2.34. The SMILES string of the molecule is CC(C)(C)C(=O)C1=C(O)C(=O)N(CCc2c[nH]c3ccccc23)C1c1ccc(O)cc1. The Balaban J connectivity index is 1.71. The second-order valence-electron chi connectivity index (χ2n) is 8.94. The van der Waals surface area contributed by atoms with Crippen LogP contribution in [0, 0.1) is 5.41 Å². The molecule has 1 atom stereocenters. The van der Waals surface area contributed by atoms with E-state index in [0.717, 1.165) is 16.5 Å². The predicted molar refractivity (Wildman–Crippen MR) is 119 cm³/mol. The van der Waals surface area contributed by atoms with Gasteiger partial charge in [-0.15, -0.1) is 0 Å². The predicted octanol–water partition coefficient (Wildman–Crippen LogP) is 4.43. The molecule has 1 aromatic heterocycles. The third-order valence-corrected chi connectivity index (χ3v) is 5.74. The van der Waals surface area contributed by atoms with Gasteiger partial charge in [0.2, 0.25) is 0 Å². The third-order valence-electron chi connectivity index (χ3n) is 5.74. The first-order valence-electron chi connectivity index (χ1n) is 10.3. The van der Waals surface area contributed by atoms with Gasteiger partial charge < -0.3 is 20.1 Å². The molecule has 3 aromatic rings. The summed E-state index contributed by atoms with van der Waals surface area (Å²) in [6.45, 7) is 5.63. The van der Waals surface area contributed by atoms with E-state index in [1.807, 2.05) is 30.5 Å². The number of hydrogen-bond donors (Lipinski definition) is 3. The van der Waals surface area contributed by atoms with Crippen LogP contribution in [0.1, 0.15) is 37.9 Å². The van der Waals surface area contributed by atoms with Crippen molar-refractivity contribution in [3.05, 3.63) is 77.2 Å². The van der Waals surface area contributed by atoms with Crippen molar-refractivity contribution in [2.75, 3.05) is 6.54 Å². The number of hydrogen-bond acceptors (Lipinski definition) is 4. The molecular weight excluding hydrogens is 392 g/mol. The number of aromatic amines is 1. The van der Waals surface area contributed by atoms with Crippen LogP contribution in [0.15, 0.2) is 66.1 Å². The molecule has 0 radical (unpaired) electrons. The molecule has 1 amide bonds. The number of fused-ring (bicyclic) bond motifs is 1. The average Bonchev–Trinajstić information content (AvgIpc) is 3.25. The number of aromatic nitrogens is 1. The molecule has 1 aliphatic rings. The molecule has 0 saturated heterocycles. The lowest BCUT2D eigenvalue weighted by atomic mass is 9.82. The zero-order chi connectivity index (χ0) is 22.3. The lowest BCUT2D eigenvalue weighted by molar-refractivity contribution is -0.129. The number of Topliss-reactive ketones (excluding diaryl/α,β-unsaturated/α-hetero) is 1. The quantitative estimate of drug-likeness (QED) is 0.571. The summed E-state index contributed by atoms with van der Waals surface area (Å²) < 4.78 is 0. The van der Waals surface area contributed by atoms with Gasteiger partial charge in [0.25, 0.3) is 5.91 Å². The molecule has 4 rings (SSSR count). The van der Waals surface area contributed by atoms with Crippen LogP contribution in [0.4, 0.5) is 0 Å². The summed E-state index contributed by atoms with van der Waals surface area (Å²) in [5, 5.41) is 21.5. The highest BCUT2D eigenvalue weighted by Gasteiger charge is 2.45. The Hall–Kier alpha value is -3.54. The summed E-state index contributed by atoms with van der Waals surface area (Å²) in [6.07, 6.45) is 2.49. The molecule has 31 heavy (non-hydrogen) atoms. The number of ketones is 1. The molecule has 2 aromatic carbocycles. The van der Waals surface area contributed by atoms with Crippen LogP contribution < -0.4 is 0 Å².